The normalized spacial score (nSPS) is 18.0. The Morgan fingerprint density at radius 1 is 1.30 bits per heavy atom. The van der Waals surface area contributed by atoms with Gasteiger partial charge in [0.2, 0.25) is 0 Å². The lowest BCUT2D eigenvalue weighted by atomic mass is 10.0. The standard InChI is InChI=1S/C19H30N2O2/c1-15-14-17(19(23)21-12-6-4-8-16(21)2)9-10-18(15)20-11-5-3-7-13-22/h9-10,14,16,20,22H,3-8,11-13H2,1-2H3. The van der Waals surface area contributed by atoms with Crippen LogP contribution in [0.3, 0.4) is 0 Å². The third-order valence-corrected chi connectivity index (χ3v) is 4.69. The Hall–Kier alpha value is -1.55. The number of aryl methyl sites for hydroxylation is 1. The molecule has 1 aliphatic rings. The van der Waals surface area contributed by atoms with E-state index in [1.807, 2.05) is 30.0 Å². The molecule has 128 valence electrons. The van der Waals surface area contributed by atoms with Crippen molar-refractivity contribution >= 4 is 11.6 Å². The predicted molar refractivity (Wildman–Crippen MR) is 95.0 cm³/mol. The summed E-state index contributed by atoms with van der Waals surface area (Å²) in [6, 6.07) is 6.30. The molecule has 1 fully saturated rings. The van der Waals surface area contributed by atoms with Crippen LogP contribution in [0.4, 0.5) is 5.69 Å². The molecule has 0 aliphatic carbocycles. The molecule has 1 aromatic carbocycles. The topological polar surface area (TPSA) is 52.6 Å². The second-order valence-electron chi connectivity index (χ2n) is 6.58. The van der Waals surface area contributed by atoms with E-state index in [4.69, 9.17) is 5.11 Å². The molecule has 1 unspecified atom stereocenters. The van der Waals surface area contributed by atoms with Gasteiger partial charge in [-0.2, -0.15) is 0 Å². The third kappa shape index (κ3) is 4.96. The number of rotatable bonds is 7. The number of carbonyl (C=O) groups is 1. The minimum Gasteiger partial charge on any atom is -0.396 e. The van der Waals surface area contributed by atoms with Crippen LogP contribution in [0, 0.1) is 6.92 Å². The molecule has 1 atom stereocenters. The second-order valence-corrected chi connectivity index (χ2v) is 6.58. The number of aliphatic hydroxyl groups is 1. The zero-order chi connectivity index (χ0) is 16.7. The van der Waals surface area contributed by atoms with Gasteiger partial charge < -0.3 is 15.3 Å². The van der Waals surface area contributed by atoms with E-state index in [1.165, 1.54) is 6.42 Å². The largest absolute Gasteiger partial charge is 0.396 e. The summed E-state index contributed by atoms with van der Waals surface area (Å²) < 4.78 is 0. The Labute approximate surface area is 139 Å². The first-order valence-corrected chi connectivity index (χ1v) is 8.90. The van der Waals surface area contributed by atoms with Crippen LogP contribution in [0.25, 0.3) is 0 Å². The van der Waals surface area contributed by atoms with Crippen molar-refractivity contribution in [1.29, 1.82) is 0 Å². The van der Waals surface area contributed by atoms with Crippen LogP contribution in [0.1, 0.15) is 61.4 Å². The van der Waals surface area contributed by atoms with Crippen LogP contribution >= 0.6 is 0 Å². The highest BCUT2D eigenvalue weighted by atomic mass is 16.2. The molecular weight excluding hydrogens is 288 g/mol. The molecule has 1 saturated heterocycles. The third-order valence-electron chi connectivity index (χ3n) is 4.69. The fraction of sp³-hybridized carbons (Fsp3) is 0.632. The van der Waals surface area contributed by atoms with Crippen molar-refractivity contribution in [2.45, 2.75) is 58.4 Å². The van der Waals surface area contributed by atoms with Crippen molar-refractivity contribution in [3.05, 3.63) is 29.3 Å². The number of hydrogen-bond acceptors (Lipinski definition) is 3. The Morgan fingerprint density at radius 3 is 2.83 bits per heavy atom. The van der Waals surface area contributed by atoms with Gasteiger partial charge in [0, 0.05) is 37.0 Å². The Morgan fingerprint density at radius 2 is 2.13 bits per heavy atom. The lowest BCUT2D eigenvalue weighted by Crippen LogP contribution is -2.42. The van der Waals surface area contributed by atoms with E-state index in [1.54, 1.807) is 0 Å². The highest BCUT2D eigenvalue weighted by molar-refractivity contribution is 5.95. The van der Waals surface area contributed by atoms with Crippen molar-refractivity contribution in [2.75, 3.05) is 25.0 Å². The molecule has 0 aromatic heterocycles. The quantitative estimate of drug-likeness (QED) is 0.756. The highest BCUT2D eigenvalue weighted by Gasteiger charge is 2.24. The molecule has 4 heteroatoms. The van der Waals surface area contributed by atoms with E-state index in [2.05, 4.69) is 12.2 Å². The summed E-state index contributed by atoms with van der Waals surface area (Å²) in [4.78, 5) is 14.7. The minimum absolute atomic E-state index is 0.162. The molecule has 23 heavy (non-hydrogen) atoms. The van der Waals surface area contributed by atoms with Gasteiger partial charge in [-0.15, -0.1) is 0 Å². The fourth-order valence-corrected chi connectivity index (χ4v) is 3.20. The smallest absolute Gasteiger partial charge is 0.254 e. The number of aliphatic hydroxyl groups excluding tert-OH is 1. The molecule has 0 bridgehead atoms. The van der Waals surface area contributed by atoms with E-state index >= 15 is 0 Å². The number of piperidine rings is 1. The Bertz CT molecular complexity index is 516. The van der Waals surface area contributed by atoms with E-state index in [-0.39, 0.29) is 12.5 Å². The molecule has 2 rings (SSSR count). The van der Waals surface area contributed by atoms with Gasteiger partial charge in [0.25, 0.3) is 5.91 Å². The number of hydrogen-bond donors (Lipinski definition) is 2. The van der Waals surface area contributed by atoms with E-state index in [0.717, 1.165) is 62.0 Å². The van der Waals surface area contributed by atoms with Crippen LogP contribution in [-0.2, 0) is 0 Å². The lowest BCUT2D eigenvalue weighted by Gasteiger charge is -2.33. The van der Waals surface area contributed by atoms with Crippen molar-refractivity contribution in [3.63, 3.8) is 0 Å². The summed E-state index contributed by atoms with van der Waals surface area (Å²) in [5.74, 6) is 0.162. The molecule has 1 aliphatic heterocycles. The van der Waals surface area contributed by atoms with Gasteiger partial charge in [-0.05, 0) is 76.1 Å². The number of unbranched alkanes of at least 4 members (excludes halogenated alkanes) is 2. The molecule has 2 N–H and O–H groups in total. The van der Waals surface area contributed by atoms with Gasteiger partial charge in [-0.25, -0.2) is 0 Å². The maximum absolute atomic E-state index is 12.7. The molecule has 1 amide bonds. The second kappa shape index (κ2) is 8.92. The number of amides is 1. The summed E-state index contributed by atoms with van der Waals surface area (Å²) in [6.07, 6.45) is 6.39. The van der Waals surface area contributed by atoms with E-state index in [9.17, 15) is 4.79 Å². The van der Waals surface area contributed by atoms with Gasteiger partial charge in [0.05, 0.1) is 0 Å². The van der Waals surface area contributed by atoms with E-state index < -0.39 is 0 Å². The molecule has 0 radical (unpaired) electrons. The van der Waals surface area contributed by atoms with Gasteiger partial charge >= 0.3 is 0 Å². The molecule has 0 saturated carbocycles. The van der Waals surface area contributed by atoms with Gasteiger partial charge in [-0.3, -0.25) is 4.79 Å². The lowest BCUT2D eigenvalue weighted by molar-refractivity contribution is 0.0635. The fourth-order valence-electron chi connectivity index (χ4n) is 3.20. The van der Waals surface area contributed by atoms with E-state index in [0.29, 0.717) is 6.04 Å². The highest BCUT2D eigenvalue weighted by Crippen LogP contribution is 2.22. The monoisotopic (exact) mass is 318 g/mol. The van der Waals surface area contributed by atoms with Crippen LogP contribution in [-0.4, -0.2) is 41.7 Å². The first kappa shape index (κ1) is 17.8. The van der Waals surface area contributed by atoms with Gasteiger partial charge in [-0.1, -0.05) is 0 Å². The van der Waals surface area contributed by atoms with Crippen molar-refractivity contribution in [1.82, 2.24) is 4.90 Å². The predicted octanol–water partition coefficient (Wildman–Crippen LogP) is 3.58. The number of carbonyl (C=O) groups excluding carboxylic acids is 1. The molecule has 0 spiro atoms. The SMILES string of the molecule is Cc1cc(C(=O)N2CCCCC2C)ccc1NCCCCCO. The van der Waals surface area contributed by atoms with Crippen molar-refractivity contribution in [3.8, 4) is 0 Å². The number of nitrogens with zero attached hydrogens (tertiary/aromatic N) is 1. The van der Waals surface area contributed by atoms with Crippen LogP contribution in [0.5, 0.6) is 0 Å². The summed E-state index contributed by atoms with van der Waals surface area (Å²) in [5, 5.41) is 12.2. The van der Waals surface area contributed by atoms with Crippen LogP contribution < -0.4 is 5.32 Å². The zero-order valence-electron chi connectivity index (χ0n) is 14.5. The zero-order valence-corrected chi connectivity index (χ0v) is 14.5. The Balaban J connectivity index is 1.94. The number of likely N-dealkylation sites (tertiary alicyclic amines) is 1. The average molecular weight is 318 g/mol. The first-order valence-electron chi connectivity index (χ1n) is 8.90. The molecule has 1 aromatic rings. The molecule has 4 nitrogen and oxygen atoms in total. The van der Waals surface area contributed by atoms with Crippen molar-refractivity contribution < 1.29 is 9.90 Å². The van der Waals surface area contributed by atoms with Gasteiger partial charge in [0.15, 0.2) is 0 Å². The summed E-state index contributed by atoms with van der Waals surface area (Å²) in [7, 11) is 0. The molecule has 1 heterocycles. The van der Waals surface area contributed by atoms with Crippen molar-refractivity contribution in [2.24, 2.45) is 0 Å². The Kier molecular flexibility index (Phi) is 6.90. The minimum atomic E-state index is 0.162. The van der Waals surface area contributed by atoms with Crippen LogP contribution in [0.15, 0.2) is 18.2 Å². The number of anilines is 1. The number of nitrogens with one attached hydrogen (secondary N) is 1. The first-order chi connectivity index (χ1) is 11.1. The number of benzene rings is 1. The molecular formula is C19H30N2O2. The maximum atomic E-state index is 12.7. The van der Waals surface area contributed by atoms with Gasteiger partial charge in [0.1, 0.15) is 0 Å². The van der Waals surface area contributed by atoms with Crippen LogP contribution in [0.2, 0.25) is 0 Å². The summed E-state index contributed by atoms with van der Waals surface area (Å²) >= 11 is 0. The summed E-state index contributed by atoms with van der Waals surface area (Å²) in [5.41, 5.74) is 3.00. The average Bonchev–Trinajstić information content (AvgIpc) is 2.55. The maximum Gasteiger partial charge on any atom is 0.254 e. The summed E-state index contributed by atoms with van der Waals surface area (Å²) in [6.45, 7) is 6.24.